The average molecular weight is 232 g/mol. The van der Waals surface area contributed by atoms with E-state index in [9.17, 15) is 4.79 Å². The number of nitrogens with one attached hydrogen (secondary N) is 1. The highest BCUT2D eigenvalue weighted by Gasteiger charge is 2.29. The van der Waals surface area contributed by atoms with Crippen LogP contribution in [0.2, 0.25) is 0 Å². The van der Waals surface area contributed by atoms with Gasteiger partial charge in [-0.3, -0.25) is 9.69 Å². The summed E-state index contributed by atoms with van der Waals surface area (Å²) in [5.41, 5.74) is 0. The number of rotatable bonds is 3. The molecule has 15 heavy (non-hydrogen) atoms. The summed E-state index contributed by atoms with van der Waals surface area (Å²) in [6.07, 6.45) is 0. The molecule has 1 saturated heterocycles. The van der Waals surface area contributed by atoms with Crippen LogP contribution in [0.4, 0.5) is 0 Å². The lowest BCUT2D eigenvalue weighted by Gasteiger charge is -2.36. The third-order valence-electron chi connectivity index (χ3n) is 2.45. The number of hydrogen-bond donors (Lipinski definition) is 1. The van der Waals surface area contributed by atoms with Gasteiger partial charge in [0.2, 0.25) is 5.91 Å². The van der Waals surface area contributed by atoms with E-state index in [2.05, 4.69) is 16.8 Å². The van der Waals surface area contributed by atoms with Gasteiger partial charge in [0.05, 0.1) is 0 Å². The van der Waals surface area contributed by atoms with E-state index in [0.29, 0.717) is 18.1 Å². The minimum atomic E-state index is -0.121. The maximum absolute atomic E-state index is 11.9. The molecule has 1 N–H and O–H groups in total. The Balaban J connectivity index is 2.65. The number of carbonyl (C=O) groups is 1. The van der Waals surface area contributed by atoms with Crippen molar-refractivity contribution >= 4 is 17.5 Å². The number of halogens is 1. The Kier molecular flexibility index (Phi) is 4.57. The topological polar surface area (TPSA) is 35.6 Å². The first kappa shape index (κ1) is 12.5. The normalized spacial score (nSPS) is 22.5. The Morgan fingerprint density at radius 2 is 2.33 bits per heavy atom. The van der Waals surface area contributed by atoms with Crippen molar-refractivity contribution in [2.75, 3.05) is 40.3 Å². The van der Waals surface area contributed by atoms with Crippen LogP contribution in [0.25, 0.3) is 0 Å². The van der Waals surface area contributed by atoms with Gasteiger partial charge in [0.15, 0.2) is 0 Å². The van der Waals surface area contributed by atoms with Gasteiger partial charge in [-0.15, -0.1) is 0 Å². The van der Waals surface area contributed by atoms with Gasteiger partial charge in [0.1, 0.15) is 6.04 Å². The molecule has 1 fully saturated rings. The van der Waals surface area contributed by atoms with Gasteiger partial charge < -0.3 is 10.2 Å². The third-order valence-corrected chi connectivity index (χ3v) is 2.57. The molecule has 0 radical (unpaired) electrons. The van der Waals surface area contributed by atoms with E-state index in [1.165, 1.54) is 0 Å². The molecule has 1 unspecified atom stereocenters. The summed E-state index contributed by atoms with van der Waals surface area (Å²) in [6.45, 7) is 6.64. The van der Waals surface area contributed by atoms with Gasteiger partial charge >= 0.3 is 0 Å². The minimum absolute atomic E-state index is 0.111. The molecule has 0 aromatic heterocycles. The lowest BCUT2D eigenvalue weighted by atomic mass is 10.1. The molecule has 4 nitrogen and oxygen atoms in total. The number of amides is 1. The quantitative estimate of drug-likeness (QED) is 0.749. The molecule has 0 saturated carbocycles. The summed E-state index contributed by atoms with van der Waals surface area (Å²) in [5, 5.41) is 3.79. The van der Waals surface area contributed by atoms with E-state index < -0.39 is 0 Å². The number of nitrogens with zero attached hydrogens (tertiary/aromatic N) is 2. The SMILES string of the molecule is C=C(Cl)CN1CCNCC1C(=O)N(C)C. The van der Waals surface area contributed by atoms with Crippen LogP contribution >= 0.6 is 11.6 Å². The Hall–Kier alpha value is -0.580. The van der Waals surface area contributed by atoms with Crippen molar-refractivity contribution in [3.63, 3.8) is 0 Å². The van der Waals surface area contributed by atoms with Gasteiger partial charge in [-0.2, -0.15) is 0 Å². The smallest absolute Gasteiger partial charge is 0.240 e. The van der Waals surface area contributed by atoms with Crippen molar-refractivity contribution in [3.8, 4) is 0 Å². The van der Waals surface area contributed by atoms with Crippen LogP contribution in [0.1, 0.15) is 0 Å². The van der Waals surface area contributed by atoms with Crippen LogP contribution in [0.3, 0.4) is 0 Å². The van der Waals surface area contributed by atoms with Crippen LogP contribution in [-0.2, 0) is 4.79 Å². The number of carbonyl (C=O) groups excluding carboxylic acids is 1. The summed E-state index contributed by atoms with van der Waals surface area (Å²) in [7, 11) is 3.54. The molecule has 0 aromatic carbocycles. The van der Waals surface area contributed by atoms with Crippen LogP contribution in [-0.4, -0.2) is 62.0 Å². The van der Waals surface area contributed by atoms with Crippen molar-refractivity contribution < 1.29 is 4.79 Å². The molecule has 0 spiro atoms. The maximum Gasteiger partial charge on any atom is 0.240 e. The molecular weight excluding hydrogens is 214 g/mol. The second kappa shape index (κ2) is 5.49. The van der Waals surface area contributed by atoms with E-state index in [4.69, 9.17) is 11.6 Å². The van der Waals surface area contributed by atoms with Crippen LogP contribution in [0, 0.1) is 0 Å². The Labute approximate surface area is 95.9 Å². The van der Waals surface area contributed by atoms with Crippen molar-refractivity contribution in [1.82, 2.24) is 15.1 Å². The van der Waals surface area contributed by atoms with Crippen molar-refractivity contribution in [2.24, 2.45) is 0 Å². The number of piperazine rings is 1. The monoisotopic (exact) mass is 231 g/mol. The molecule has 1 aliphatic heterocycles. The van der Waals surface area contributed by atoms with E-state index in [0.717, 1.165) is 13.1 Å². The van der Waals surface area contributed by atoms with Crippen LogP contribution in [0.5, 0.6) is 0 Å². The summed E-state index contributed by atoms with van der Waals surface area (Å²) >= 11 is 5.78. The second-order valence-corrected chi connectivity index (χ2v) is 4.47. The zero-order valence-corrected chi connectivity index (χ0v) is 10.0. The van der Waals surface area contributed by atoms with Gasteiger partial charge in [-0.1, -0.05) is 18.2 Å². The van der Waals surface area contributed by atoms with Crippen LogP contribution in [0.15, 0.2) is 11.6 Å². The summed E-state index contributed by atoms with van der Waals surface area (Å²) in [4.78, 5) is 15.5. The highest BCUT2D eigenvalue weighted by atomic mass is 35.5. The number of likely N-dealkylation sites (N-methyl/N-ethyl adjacent to an activating group) is 1. The molecule has 0 bridgehead atoms. The Morgan fingerprint density at radius 3 is 2.87 bits per heavy atom. The minimum Gasteiger partial charge on any atom is -0.347 e. The van der Waals surface area contributed by atoms with Crippen molar-refractivity contribution in [1.29, 1.82) is 0 Å². The predicted molar refractivity (Wildman–Crippen MR) is 61.9 cm³/mol. The van der Waals surface area contributed by atoms with E-state index >= 15 is 0 Å². The Bertz CT molecular complexity index is 255. The molecule has 1 rings (SSSR count). The van der Waals surface area contributed by atoms with Gasteiger partial charge in [-0.25, -0.2) is 0 Å². The van der Waals surface area contributed by atoms with Gasteiger partial charge in [-0.05, 0) is 0 Å². The molecule has 1 atom stereocenters. The molecule has 1 aliphatic rings. The Morgan fingerprint density at radius 1 is 1.67 bits per heavy atom. The van der Waals surface area contributed by atoms with Gasteiger partial charge in [0, 0.05) is 45.3 Å². The lowest BCUT2D eigenvalue weighted by molar-refractivity contribution is -0.134. The third kappa shape index (κ3) is 3.48. The fourth-order valence-corrected chi connectivity index (χ4v) is 1.85. The highest BCUT2D eigenvalue weighted by molar-refractivity contribution is 6.29. The van der Waals surface area contributed by atoms with E-state index in [-0.39, 0.29) is 11.9 Å². The molecule has 5 heteroatoms. The fraction of sp³-hybridized carbons (Fsp3) is 0.700. The summed E-state index contributed by atoms with van der Waals surface area (Å²) in [5.74, 6) is 0.111. The molecule has 1 amide bonds. The lowest BCUT2D eigenvalue weighted by Crippen LogP contribution is -2.57. The summed E-state index contributed by atoms with van der Waals surface area (Å²) < 4.78 is 0. The van der Waals surface area contributed by atoms with Gasteiger partial charge in [0.25, 0.3) is 0 Å². The fourth-order valence-electron chi connectivity index (χ4n) is 1.70. The second-order valence-electron chi connectivity index (χ2n) is 3.94. The molecule has 0 aliphatic carbocycles. The maximum atomic E-state index is 11.9. The number of hydrogen-bond acceptors (Lipinski definition) is 3. The molecular formula is C10H18ClN3O. The zero-order chi connectivity index (χ0) is 11.4. The predicted octanol–water partition coefficient (Wildman–Crippen LogP) is 0.101. The zero-order valence-electron chi connectivity index (χ0n) is 9.29. The van der Waals surface area contributed by atoms with E-state index in [1.54, 1.807) is 19.0 Å². The first-order chi connectivity index (χ1) is 7.02. The van der Waals surface area contributed by atoms with E-state index in [1.807, 2.05) is 0 Å². The van der Waals surface area contributed by atoms with Crippen LogP contribution < -0.4 is 5.32 Å². The first-order valence-corrected chi connectivity index (χ1v) is 5.39. The largest absolute Gasteiger partial charge is 0.347 e. The first-order valence-electron chi connectivity index (χ1n) is 5.01. The molecule has 1 heterocycles. The van der Waals surface area contributed by atoms with Crippen molar-refractivity contribution in [3.05, 3.63) is 11.6 Å². The highest BCUT2D eigenvalue weighted by Crippen LogP contribution is 2.10. The molecule has 0 aromatic rings. The standard InChI is InChI=1S/C10H18ClN3O/c1-8(11)7-14-5-4-12-6-9(14)10(15)13(2)3/h9,12H,1,4-7H2,2-3H3. The van der Waals surface area contributed by atoms with Crippen molar-refractivity contribution in [2.45, 2.75) is 6.04 Å². The average Bonchev–Trinajstić information content (AvgIpc) is 2.16. The molecule has 86 valence electrons. The summed E-state index contributed by atoms with van der Waals surface area (Å²) in [6, 6.07) is -0.121.